The molecule has 71 heavy (non-hydrogen) atoms. The Morgan fingerprint density at radius 2 is 0.662 bits per heavy atom. The fraction of sp³-hybridized carbons (Fsp3) is 0.908. The molecule has 0 aromatic rings. The Kier molecular flexibility index (Phi) is 59.5. The lowest BCUT2D eigenvalue weighted by Gasteiger charge is -2.22. The number of nitrogens with one attached hydrogen (secondary N) is 1. The second kappa shape index (κ2) is 60.9. The second-order valence-corrected chi connectivity index (χ2v) is 22.1. The van der Waals surface area contributed by atoms with Gasteiger partial charge < -0.3 is 20.3 Å². The van der Waals surface area contributed by atoms with Crippen molar-refractivity contribution < 1.29 is 24.5 Å². The van der Waals surface area contributed by atoms with Gasteiger partial charge in [-0.3, -0.25) is 9.59 Å². The van der Waals surface area contributed by atoms with Gasteiger partial charge in [0, 0.05) is 12.8 Å². The molecule has 0 saturated carbocycles. The van der Waals surface area contributed by atoms with E-state index in [1.807, 2.05) is 0 Å². The van der Waals surface area contributed by atoms with Crippen molar-refractivity contribution in [3.8, 4) is 0 Å². The summed E-state index contributed by atoms with van der Waals surface area (Å²) in [4.78, 5) is 24.6. The Labute approximate surface area is 443 Å². The molecule has 0 aromatic heterocycles. The van der Waals surface area contributed by atoms with E-state index in [-0.39, 0.29) is 18.5 Å². The van der Waals surface area contributed by atoms with E-state index in [4.69, 9.17) is 4.74 Å². The molecule has 6 nitrogen and oxygen atoms in total. The number of hydrogen-bond donors (Lipinski definition) is 3. The fourth-order valence-corrected chi connectivity index (χ4v) is 10.0. The van der Waals surface area contributed by atoms with Gasteiger partial charge in [-0.15, -0.1) is 0 Å². The highest BCUT2D eigenvalue weighted by Crippen LogP contribution is 2.18. The first-order valence-corrected chi connectivity index (χ1v) is 32.1. The van der Waals surface area contributed by atoms with Crippen molar-refractivity contribution in [3.63, 3.8) is 0 Å². The van der Waals surface area contributed by atoms with Crippen LogP contribution in [0.3, 0.4) is 0 Å². The first-order chi connectivity index (χ1) is 35.0. The van der Waals surface area contributed by atoms with Crippen LogP contribution in [0.5, 0.6) is 0 Å². The smallest absolute Gasteiger partial charge is 0.305 e. The number of carbonyl (C=O) groups excluding carboxylic acids is 2. The lowest BCUT2D eigenvalue weighted by molar-refractivity contribution is -0.143. The van der Waals surface area contributed by atoms with Crippen molar-refractivity contribution in [3.05, 3.63) is 24.3 Å². The van der Waals surface area contributed by atoms with Crippen molar-refractivity contribution in [2.75, 3.05) is 13.2 Å². The summed E-state index contributed by atoms with van der Waals surface area (Å²) in [7, 11) is 0. The molecule has 6 heteroatoms. The SMILES string of the molecule is CCCCCC/C=C\CCCCCCCC(=O)OCCCCCCCCC/C=C\CCCCCCCC(=O)NC(CO)C(O)CCCCCCCCCCCCCCCCCCCCCCCCCCC. The van der Waals surface area contributed by atoms with E-state index in [2.05, 4.69) is 43.5 Å². The molecule has 0 fully saturated rings. The molecular formula is C65H125NO5. The number of hydrogen-bond acceptors (Lipinski definition) is 5. The molecule has 0 rings (SSSR count). The predicted molar refractivity (Wildman–Crippen MR) is 310 cm³/mol. The van der Waals surface area contributed by atoms with Gasteiger partial charge in [0.25, 0.3) is 0 Å². The summed E-state index contributed by atoms with van der Waals surface area (Å²) >= 11 is 0. The summed E-state index contributed by atoms with van der Waals surface area (Å²) in [5.74, 6) is -0.0597. The Bertz CT molecular complexity index is 1110. The zero-order chi connectivity index (χ0) is 51.4. The van der Waals surface area contributed by atoms with E-state index in [1.165, 1.54) is 257 Å². The predicted octanol–water partition coefficient (Wildman–Crippen LogP) is 20.2. The van der Waals surface area contributed by atoms with E-state index in [0.717, 1.165) is 64.2 Å². The van der Waals surface area contributed by atoms with Gasteiger partial charge in [0.2, 0.25) is 5.91 Å². The fourth-order valence-electron chi connectivity index (χ4n) is 10.0. The van der Waals surface area contributed by atoms with Gasteiger partial charge in [-0.25, -0.2) is 0 Å². The first-order valence-electron chi connectivity index (χ1n) is 32.1. The largest absolute Gasteiger partial charge is 0.466 e. The van der Waals surface area contributed by atoms with Crippen LogP contribution in [0.1, 0.15) is 354 Å². The average molecular weight is 1000 g/mol. The maximum Gasteiger partial charge on any atom is 0.305 e. The summed E-state index contributed by atoms with van der Waals surface area (Å²) in [5.41, 5.74) is 0. The molecule has 0 saturated heterocycles. The summed E-state index contributed by atoms with van der Waals surface area (Å²) < 4.78 is 5.46. The number of carbonyl (C=O) groups is 2. The van der Waals surface area contributed by atoms with Crippen molar-refractivity contribution >= 4 is 11.9 Å². The third-order valence-electron chi connectivity index (χ3n) is 15.0. The quantitative estimate of drug-likeness (QED) is 0.0320. The molecule has 420 valence electrons. The Morgan fingerprint density at radius 3 is 1.01 bits per heavy atom. The minimum Gasteiger partial charge on any atom is -0.466 e. The van der Waals surface area contributed by atoms with E-state index in [0.29, 0.717) is 25.9 Å². The van der Waals surface area contributed by atoms with E-state index in [1.54, 1.807) is 0 Å². The molecule has 2 atom stereocenters. The Morgan fingerprint density at radius 1 is 0.380 bits per heavy atom. The maximum atomic E-state index is 12.5. The number of aliphatic hydroxyl groups excluding tert-OH is 2. The molecular weight excluding hydrogens is 875 g/mol. The van der Waals surface area contributed by atoms with Gasteiger partial charge in [0.1, 0.15) is 0 Å². The van der Waals surface area contributed by atoms with Gasteiger partial charge in [-0.05, 0) is 77.0 Å². The topological polar surface area (TPSA) is 95.9 Å². The van der Waals surface area contributed by atoms with Gasteiger partial charge in [-0.1, -0.05) is 289 Å². The zero-order valence-electron chi connectivity index (χ0n) is 48.0. The molecule has 0 heterocycles. The summed E-state index contributed by atoms with van der Waals surface area (Å²) in [5, 5.41) is 23.4. The van der Waals surface area contributed by atoms with Crippen LogP contribution in [0.25, 0.3) is 0 Å². The molecule has 0 bridgehead atoms. The number of amides is 1. The first kappa shape index (κ1) is 69.3. The second-order valence-electron chi connectivity index (χ2n) is 22.1. The summed E-state index contributed by atoms with van der Waals surface area (Å²) in [6, 6.07) is -0.555. The van der Waals surface area contributed by atoms with Crippen LogP contribution >= 0.6 is 0 Å². The van der Waals surface area contributed by atoms with E-state index >= 15 is 0 Å². The van der Waals surface area contributed by atoms with E-state index in [9.17, 15) is 19.8 Å². The average Bonchev–Trinajstić information content (AvgIpc) is 3.37. The zero-order valence-corrected chi connectivity index (χ0v) is 48.0. The minimum atomic E-state index is -0.676. The van der Waals surface area contributed by atoms with Crippen molar-refractivity contribution in [1.29, 1.82) is 0 Å². The van der Waals surface area contributed by atoms with Crippen LogP contribution < -0.4 is 5.32 Å². The van der Waals surface area contributed by atoms with Gasteiger partial charge >= 0.3 is 5.97 Å². The molecule has 1 amide bonds. The van der Waals surface area contributed by atoms with Gasteiger partial charge in [-0.2, -0.15) is 0 Å². The third kappa shape index (κ3) is 57.5. The van der Waals surface area contributed by atoms with Crippen LogP contribution in [0.2, 0.25) is 0 Å². The van der Waals surface area contributed by atoms with Crippen LogP contribution in [0.4, 0.5) is 0 Å². The minimum absolute atomic E-state index is 0.0112. The Balaban J connectivity index is 3.46. The van der Waals surface area contributed by atoms with Crippen molar-refractivity contribution in [2.24, 2.45) is 0 Å². The van der Waals surface area contributed by atoms with Crippen LogP contribution in [-0.4, -0.2) is 47.4 Å². The van der Waals surface area contributed by atoms with Crippen LogP contribution in [-0.2, 0) is 14.3 Å². The highest BCUT2D eigenvalue weighted by Gasteiger charge is 2.20. The van der Waals surface area contributed by atoms with Gasteiger partial charge in [0.15, 0.2) is 0 Å². The normalized spacial score (nSPS) is 12.7. The standard InChI is InChI=1S/C65H125NO5/c1-3-5-7-9-11-13-15-17-18-19-20-21-22-23-24-25-26-27-30-34-37-41-45-49-53-57-63(68)62(61-67)66-64(69)58-54-50-46-42-38-35-31-28-29-32-36-40-44-48-52-56-60-71-65(70)59-55-51-47-43-39-33-16-14-12-10-8-6-4-2/h14,16,28,31,62-63,67-68H,3-13,15,17-27,29-30,32-61H2,1-2H3,(H,66,69)/b16-14-,31-28-. The molecule has 3 N–H and O–H groups in total. The molecule has 0 radical (unpaired) electrons. The molecule has 0 aliphatic heterocycles. The lowest BCUT2D eigenvalue weighted by Crippen LogP contribution is -2.45. The molecule has 0 aliphatic rings. The number of unbranched alkanes of at least 4 members (excludes halogenated alkanes) is 45. The summed E-state index contributed by atoms with van der Waals surface area (Å²) in [6.07, 6.45) is 74.8. The summed E-state index contributed by atoms with van der Waals surface area (Å²) in [6.45, 7) is 4.94. The van der Waals surface area contributed by atoms with Crippen molar-refractivity contribution in [1.82, 2.24) is 5.32 Å². The molecule has 0 spiro atoms. The Hall–Kier alpha value is -1.66. The highest BCUT2D eigenvalue weighted by atomic mass is 16.5. The monoisotopic (exact) mass is 1000 g/mol. The number of allylic oxidation sites excluding steroid dienone is 4. The third-order valence-corrected chi connectivity index (χ3v) is 15.0. The number of esters is 1. The van der Waals surface area contributed by atoms with Crippen molar-refractivity contribution in [2.45, 2.75) is 366 Å². The van der Waals surface area contributed by atoms with E-state index < -0.39 is 12.1 Å². The number of ether oxygens (including phenoxy) is 1. The number of aliphatic hydroxyl groups is 2. The lowest BCUT2D eigenvalue weighted by atomic mass is 10.0. The highest BCUT2D eigenvalue weighted by molar-refractivity contribution is 5.76. The molecule has 2 unspecified atom stereocenters. The van der Waals surface area contributed by atoms with Crippen LogP contribution in [0.15, 0.2) is 24.3 Å². The van der Waals surface area contributed by atoms with Gasteiger partial charge in [0.05, 0.1) is 25.4 Å². The molecule has 0 aromatic carbocycles. The molecule has 0 aliphatic carbocycles. The number of rotatable bonds is 60. The van der Waals surface area contributed by atoms with Crippen LogP contribution in [0, 0.1) is 0 Å². The maximum absolute atomic E-state index is 12.5.